The fourth-order valence-electron chi connectivity index (χ4n) is 1.79. The quantitative estimate of drug-likeness (QED) is 0.591. The predicted molar refractivity (Wildman–Crippen MR) is 41.3 cm³/mol. The molecule has 0 aromatic carbocycles. The number of hydrogen-bond acceptors (Lipinski definition) is 0. The lowest BCUT2D eigenvalue weighted by Crippen LogP contribution is -2.06. The van der Waals surface area contributed by atoms with Crippen molar-refractivity contribution in [2.24, 2.45) is 5.92 Å². The van der Waals surface area contributed by atoms with Crippen LogP contribution in [0.5, 0.6) is 0 Å². The van der Waals surface area contributed by atoms with E-state index in [1.165, 1.54) is 32.1 Å². The standard InChI is InChI=1S/C9H15F2/c10-9(11)7-6-8-4-2-1-3-5-8/h8H,1-7H2. The lowest BCUT2D eigenvalue weighted by molar-refractivity contribution is 0.237. The van der Waals surface area contributed by atoms with Crippen molar-refractivity contribution in [3.05, 3.63) is 6.43 Å². The molecule has 0 heterocycles. The van der Waals surface area contributed by atoms with Gasteiger partial charge in [-0.05, 0) is 12.3 Å². The Hall–Kier alpha value is -0.140. The van der Waals surface area contributed by atoms with Crippen molar-refractivity contribution in [3.63, 3.8) is 0 Å². The molecule has 1 saturated carbocycles. The van der Waals surface area contributed by atoms with Gasteiger partial charge in [-0.2, -0.15) is 8.78 Å². The summed E-state index contributed by atoms with van der Waals surface area (Å²) in [7, 11) is 0. The second-order valence-electron chi connectivity index (χ2n) is 3.38. The van der Waals surface area contributed by atoms with E-state index in [2.05, 4.69) is 0 Å². The summed E-state index contributed by atoms with van der Waals surface area (Å²) >= 11 is 0. The van der Waals surface area contributed by atoms with E-state index in [4.69, 9.17) is 0 Å². The SMILES string of the molecule is F[C](F)CCC1CCCCC1. The maximum Gasteiger partial charge on any atom is 0.310 e. The van der Waals surface area contributed by atoms with E-state index >= 15 is 0 Å². The van der Waals surface area contributed by atoms with Gasteiger partial charge in [0.05, 0.1) is 0 Å². The molecule has 1 aliphatic rings. The van der Waals surface area contributed by atoms with Crippen LogP contribution in [0, 0.1) is 12.3 Å². The first-order valence-electron chi connectivity index (χ1n) is 4.46. The first-order valence-corrected chi connectivity index (χ1v) is 4.46. The highest BCUT2D eigenvalue weighted by atomic mass is 19.3. The molecule has 0 atom stereocenters. The molecule has 0 N–H and O–H groups in total. The Kier molecular flexibility index (Phi) is 3.81. The van der Waals surface area contributed by atoms with Gasteiger partial charge in [0.15, 0.2) is 0 Å². The van der Waals surface area contributed by atoms with Crippen LogP contribution in [0.4, 0.5) is 8.78 Å². The van der Waals surface area contributed by atoms with Crippen LogP contribution >= 0.6 is 0 Å². The highest BCUT2D eigenvalue weighted by Gasteiger charge is 2.15. The highest BCUT2D eigenvalue weighted by Crippen LogP contribution is 2.29. The van der Waals surface area contributed by atoms with E-state index in [0.29, 0.717) is 12.3 Å². The van der Waals surface area contributed by atoms with Gasteiger partial charge in [-0.3, -0.25) is 0 Å². The minimum absolute atomic E-state index is 0.0324. The number of halogens is 2. The molecule has 1 aliphatic carbocycles. The molecule has 11 heavy (non-hydrogen) atoms. The summed E-state index contributed by atoms with van der Waals surface area (Å²) in [5.74, 6) is 0.588. The summed E-state index contributed by atoms with van der Waals surface area (Å²) in [4.78, 5) is 0. The molecule has 1 fully saturated rings. The van der Waals surface area contributed by atoms with Gasteiger partial charge < -0.3 is 0 Å². The van der Waals surface area contributed by atoms with E-state index < -0.39 is 6.43 Å². The predicted octanol–water partition coefficient (Wildman–Crippen LogP) is 3.78. The molecule has 1 rings (SSSR count). The van der Waals surface area contributed by atoms with Gasteiger partial charge in [0, 0.05) is 6.42 Å². The molecule has 0 unspecified atom stereocenters. The average molecular weight is 161 g/mol. The van der Waals surface area contributed by atoms with E-state index in [9.17, 15) is 8.78 Å². The molecule has 0 amide bonds. The van der Waals surface area contributed by atoms with Crippen molar-refractivity contribution in [2.45, 2.75) is 44.9 Å². The normalized spacial score (nSPS) is 21.0. The topological polar surface area (TPSA) is 0 Å². The fourth-order valence-corrected chi connectivity index (χ4v) is 1.79. The summed E-state index contributed by atoms with van der Waals surface area (Å²) in [5.41, 5.74) is 0. The minimum Gasteiger partial charge on any atom is -0.200 e. The molecule has 2 heteroatoms. The van der Waals surface area contributed by atoms with Crippen molar-refractivity contribution in [3.8, 4) is 0 Å². The van der Waals surface area contributed by atoms with Crippen molar-refractivity contribution < 1.29 is 8.78 Å². The van der Waals surface area contributed by atoms with E-state index in [1.807, 2.05) is 0 Å². The molecule has 0 saturated heterocycles. The van der Waals surface area contributed by atoms with Crippen molar-refractivity contribution >= 4 is 0 Å². The first kappa shape index (κ1) is 8.95. The zero-order valence-electron chi connectivity index (χ0n) is 6.78. The highest BCUT2D eigenvalue weighted by molar-refractivity contribution is 4.69. The second kappa shape index (κ2) is 4.68. The van der Waals surface area contributed by atoms with Crippen LogP contribution < -0.4 is 0 Å². The Labute approximate surface area is 67.0 Å². The molecule has 1 radical (unpaired) electrons. The Morgan fingerprint density at radius 3 is 2.27 bits per heavy atom. The summed E-state index contributed by atoms with van der Waals surface area (Å²) in [5, 5.41) is 0. The largest absolute Gasteiger partial charge is 0.310 e. The van der Waals surface area contributed by atoms with Gasteiger partial charge in [-0.25, -0.2) is 0 Å². The van der Waals surface area contributed by atoms with Gasteiger partial charge in [-0.15, -0.1) is 0 Å². The monoisotopic (exact) mass is 161 g/mol. The van der Waals surface area contributed by atoms with Crippen LogP contribution in [0.15, 0.2) is 0 Å². The molecule has 0 aromatic heterocycles. The summed E-state index contributed by atoms with van der Waals surface area (Å²) < 4.78 is 23.4. The van der Waals surface area contributed by atoms with Gasteiger partial charge in [0.2, 0.25) is 0 Å². The average Bonchev–Trinajstić information content (AvgIpc) is 2.03. The fraction of sp³-hybridized carbons (Fsp3) is 0.889. The first-order chi connectivity index (χ1) is 5.29. The smallest absolute Gasteiger partial charge is 0.200 e. The maximum atomic E-state index is 11.7. The van der Waals surface area contributed by atoms with E-state index in [1.54, 1.807) is 0 Å². The van der Waals surface area contributed by atoms with Crippen molar-refractivity contribution in [1.29, 1.82) is 0 Å². The maximum absolute atomic E-state index is 11.7. The molecular weight excluding hydrogens is 146 g/mol. The minimum atomic E-state index is -1.39. The molecule has 0 bridgehead atoms. The molecule has 0 nitrogen and oxygen atoms in total. The van der Waals surface area contributed by atoms with Gasteiger partial charge >= 0.3 is 6.43 Å². The summed E-state index contributed by atoms with van der Waals surface area (Å²) in [6, 6.07) is 0. The van der Waals surface area contributed by atoms with Crippen LogP contribution in [-0.2, 0) is 0 Å². The third-order valence-corrected chi connectivity index (χ3v) is 2.47. The van der Waals surface area contributed by atoms with Crippen LogP contribution in [0.2, 0.25) is 0 Å². The van der Waals surface area contributed by atoms with Gasteiger partial charge in [-0.1, -0.05) is 32.1 Å². The lowest BCUT2D eigenvalue weighted by atomic mass is 9.86. The molecular formula is C9H15F2. The van der Waals surface area contributed by atoms with Crippen LogP contribution in [0.25, 0.3) is 0 Å². The Morgan fingerprint density at radius 1 is 1.09 bits per heavy atom. The Bertz CT molecular complexity index is 95.7. The van der Waals surface area contributed by atoms with Gasteiger partial charge in [0.1, 0.15) is 0 Å². The van der Waals surface area contributed by atoms with E-state index in [-0.39, 0.29) is 6.42 Å². The number of hydrogen-bond donors (Lipinski definition) is 0. The third-order valence-electron chi connectivity index (χ3n) is 2.47. The van der Waals surface area contributed by atoms with Crippen LogP contribution in [0.3, 0.4) is 0 Å². The summed E-state index contributed by atoms with van der Waals surface area (Å²) in [6.07, 6.45) is 5.50. The van der Waals surface area contributed by atoms with Gasteiger partial charge in [0.25, 0.3) is 0 Å². The Morgan fingerprint density at radius 2 is 1.73 bits per heavy atom. The molecule has 0 aromatic rings. The Balaban J connectivity index is 2.05. The number of rotatable bonds is 3. The lowest BCUT2D eigenvalue weighted by Gasteiger charge is -2.20. The molecule has 65 valence electrons. The third kappa shape index (κ3) is 3.68. The second-order valence-corrected chi connectivity index (χ2v) is 3.38. The van der Waals surface area contributed by atoms with Crippen LogP contribution in [0.1, 0.15) is 44.9 Å². The van der Waals surface area contributed by atoms with Crippen molar-refractivity contribution in [2.75, 3.05) is 0 Å². The molecule has 0 aliphatic heterocycles. The molecule has 0 spiro atoms. The van der Waals surface area contributed by atoms with Crippen molar-refractivity contribution in [1.82, 2.24) is 0 Å². The summed E-state index contributed by atoms with van der Waals surface area (Å²) in [6.45, 7) is 0. The zero-order valence-corrected chi connectivity index (χ0v) is 6.78. The van der Waals surface area contributed by atoms with Crippen LogP contribution in [-0.4, -0.2) is 0 Å². The zero-order chi connectivity index (χ0) is 8.10. The van der Waals surface area contributed by atoms with E-state index in [0.717, 1.165) is 0 Å².